The summed E-state index contributed by atoms with van der Waals surface area (Å²) in [6.07, 6.45) is 1.53. The summed E-state index contributed by atoms with van der Waals surface area (Å²) in [5.74, 6) is -0.168. The van der Waals surface area contributed by atoms with Gasteiger partial charge in [0.05, 0.1) is 9.82 Å². The number of rotatable bonds is 5. The summed E-state index contributed by atoms with van der Waals surface area (Å²) in [6.45, 7) is 5.97. The van der Waals surface area contributed by atoms with Crippen LogP contribution in [0.1, 0.15) is 17.3 Å². The SMILES string of the molecule is CCN1CCN(C(=O)c2ccc(Sc3nncn3C)c([N+](=O)[O-])c2)CC1. The van der Waals surface area contributed by atoms with Gasteiger partial charge in [-0.25, -0.2) is 0 Å². The van der Waals surface area contributed by atoms with E-state index in [1.165, 1.54) is 12.4 Å². The molecular formula is C16H20N6O3S. The van der Waals surface area contributed by atoms with Crippen molar-refractivity contribution >= 4 is 23.4 Å². The summed E-state index contributed by atoms with van der Waals surface area (Å²) in [5, 5.41) is 19.7. The van der Waals surface area contributed by atoms with Gasteiger partial charge in [-0.3, -0.25) is 14.9 Å². The molecule has 1 aliphatic rings. The van der Waals surface area contributed by atoms with Crippen molar-refractivity contribution in [3.05, 3.63) is 40.2 Å². The number of nitro benzene ring substituents is 1. The van der Waals surface area contributed by atoms with Crippen LogP contribution in [-0.4, -0.2) is 68.1 Å². The Balaban J connectivity index is 1.81. The third-order valence-corrected chi connectivity index (χ3v) is 5.50. The molecule has 26 heavy (non-hydrogen) atoms. The zero-order valence-electron chi connectivity index (χ0n) is 14.7. The first kappa shape index (κ1) is 18.3. The first-order chi connectivity index (χ1) is 12.5. The van der Waals surface area contributed by atoms with Gasteiger partial charge in [-0.1, -0.05) is 6.92 Å². The van der Waals surface area contributed by atoms with Gasteiger partial charge in [0, 0.05) is 44.9 Å². The van der Waals surface area contributed by atoms with Crippen LogP contribution in [0.25, 0.3) is 0 Å². The Morgan fingerprint density at radius 3 is 2.62 bits per heavy atom. The maximum absolute atomic E-state index is 12.7. The van der Waals surface area contributed by atoms with E-state index in [1.807, 2.05) is 0 Å². The molecule has 1 aliphatic heterocycles. The van der Waals surface area contributed by atoms with Gasteiger partial charge < -0.3 is 14.4 Å². The van der Waals surface area contributed by atoms with Crippen LogP contribution in [0.5, 0.6) is 0 Å². The van der Waals surface area contributed by atoms with Gasteiger partial charge in [0.25, 0.3) is 11.6 Å². The number of amides is 1. The molecule has 2 heterocycles. The number of aromatic nitrogens is 3. The van der Waals surface area contributed by atoms with Gasteiger partial charge in [0.2, 0.25) is 0 Å². The fourth-order valence-corrected chi connectivity index (χ4v) is 3.64. The number of nitrogens with zero attached hydrogens (tertiary/aromatic N) is 6. The van der Waals surface area contributed by atoms with E-state index in [0.29, 0.717) is 28.7 Å². The molecule has 0 unspecified atom stereocenters. The van der Waals surface area contributed by atoms with Gasteiger partial charge in [-0.2, -0.15) is 0 Å². The lowest BCUT2D eigenvalue weighted by Gasteiger charge is -2.34. The van der Waals surface area contributed by atoms with Crippen LogP contribution in [-0.2, 0) is 7.05 Å². The van der Waals surface area contributed by atoms with Gasteiger partial charge in [-0.05, 0) is 30.4 Å². The van der Waals surface area contributed by atoms with E-state index in [4.69, 9.17) is 0 Å². The lowest BCUT2D eigenvalue weighted by atomic mass is 10.1. The highest BCUT2D eigenvalue weighted by Gasteiger charge is 2.25. The number of nitro groups is 1. The molecule has 1 aromatic heterocycles. The average molecular weight is 376 g/mol. The first-order valence-corrected chi connectivity index (χ1v) is 9.13. The van der Waals surface area contributed by atoms with E-state index in [-0.39, 0.29) is 11.6 Å². The van der Waals surface area contributed by atoms with Gasteiger partial charge >= 0.3 is 0 Å². The Kier molecular flexibility index (Phi) is 5.52. The Morgan fingerprint density at radius 1 is 1.31 bits per heavy atom. The third-order valence-electron chi connectivity index (χ3n) is 4.38. The van der Waals surface area contributed by atoms with Crippen molar-refractivity contribution in [1.29, 1.82) is 0 Å². The molecule has 0 bridgehead atoms. The van der Waals surface area contributed by atoms with E-state index in [9.17, 15) is 14.9 Å². The van der Waals surface area contributed by atoms with Crippen LogP contribution < -0.4 is 0 Å². The molecule has 1 fully saturated rings. The zero-order valence-corrected chi connectivity index (χ0v) is 15.5. The van der Waals surface area contributed by atoms with Crippen molar-refractivity contribution in [3.63, 3.8) is 0 Å². The summed E-state index contributed by atoms with van der Waals surface area (Å²) in [7, 11) is 1.77. The smallest absolute Gasteiger partial charge is 0.284 e. The fraction of sp³-hybridized carbons (Fsp3) is 0.438. The Morgan fingerprint density at radius 2 is 2.04 bits per heavy atom. The first-order valence-electron chi connectivity index (χ1n) is 8.31. The minimum Gasteiger partial charge on any atom is -0.336 e. The number of likely N-dealkylation sites (N-methyl/N-ethyl adjacent to an activating group) is 1. The maximum atomic E-state index is 12.7. The maximum Gasteiger partial charge on any atom is 0.284 e. The lowest BCUT2D eigenvalue weighted by Crippen LogP contribution is -2.48. The van der Waals surface area contributed by atoms with E-state index >= 15 is 0 Å². The Labute approximate surface area is 155 Å². The largest absolute Gasteiger partial charge is 0.336 e. The fourth-order valence-electron chi connectivity index (χ4n) is 2.79. The quantitative estimate of drug-likeness (QED) is 0.578. The minimum absolute atomic E-state index is 0.101. The highest BCUT2D eigenvalue weighted by atomic mass is 32.2. The molecule has 0 atom stereocenters. The summed E-state index contributed by atoms with van der Waals surface area (Å²) < 4.78 is 1.68. The number of hydrogen-bond donors (Lipinski definition) is 0. The van der Waals surface area contributed by atoms with Crippen LogP contribution in [0, 0.1) is 10.1 Å². The topological polar surface area (TPSA) is 97.4 Å². The normalized spacial score (nSPS) is 15.2. The summed E-state index contributed by atoms with van der Waals surface area (Å²) >= 11 is 1.15. The third kappa shape index (κ3) is 3.86. The van der Waals surface area contributed by atoms with Crippen LogP contribution in [0.4, 0.5) is 5.69 Å². The zero-order chi connectivity index (χ0) is 18.7. The molecule has 0 N–H and O–H groups in total. The van der Waals surface area contributed by atoms with E-state index in [1.54, 1.807) is 28.6 Å². The van der Waals surface area contributed by atoms with Crippen molar-refractivity contribution in [1.82, 2.24) is 24.6 Å². The van der Waals surface area contributed by atoms with E-state index in [0.717, 1.165) is 31.4 Å². The van der Waals surface area contributed by atoms with Gasteiger partial charge in [-0.15, -0.1) is 10.2 Å². The molecule has 1 aromatic carbocycles. The highest BCUT2D eigenvalue weighted by Crippen LogP contribution is 2.34. The molecule has 0 spiro atoms. The molecule has 1 amide bonds. The van der Waals surface area contributed by atoms with Crippen molar-refractivity contribution in [2.45, 2.75) is 17.0 Å². The molecule has 2 aromatic rings. The van der Waals surface area contributed by atoms with Crippen molar-refractivity contribution in [2.75, 3.05) is 32.7 Å². The van der Waals surface area contributed by atoms with Gasteiger partial charge in [0.1, 0.15) is 6.33 Å². The second-order valence-corrected chi connectivity index (χ2v) is 7.00. The molecule has 10 heteroatoms. The van der Waals surface area contributed by atoms with Crippen molar-refractivity contribution in [3.8, 4) is 0 Å². The molecule has 138 valence electrons. The number of hydrogen-bond acceptors (Lipinski definition) is 7. The van der Waals surface area contributed by atoms with E-state index in [2.05, 4.69) is 22.0 Å². The average Bonchev–Trinajstić information content (AvgIpc) is 3.06. The lowest BCUT2D eigenvalue weighted by molar-refractivity contribution is -0.387. The number of carbonyl (C=O) groups excluding carboxylic acids is 1. The number of carbonyl (C=O) groups is 1. The molecule has 9 nitrogen and oxygen atoms in total. The van der Waals surface area contributed by atoms with Crippen LogP contribution >= 0.6 is 11.8 Å². The number of benzene rings is 1. The predicted molar refractivity (Wildman–Crippen MR) is 96.2 cm³/mol. The van der Waals surface area contributed by atoms with Crippen molar-refractivity contribution < 1.29 is 9.72 Å². The van der Waals surface area contributed by atoms with Crippen LogP contribution in [0.3, 0.4) is 0 Å². The van der Waals surface area contributed by atoms with Crippen LogP contribution in [0.2, 0.25) is 0 Å². The van der Waals surface area contributed by atoms with E-state index < -0.39 is 4.92 Å². The number of aryl methyl sites for hydroxylation is 1. The van der Waals surface area contributed by atoms with Crippen molar-refractivity contribution in [2.24, 2.45) is 7.05 Å². The number of piperazine rings is 1. The monoisotopic (exact) mass is 376 g/mol. The van der Waals surface area contributed by atoms with Gasteiger partial charge in [0.15, 0.2) is 5.16 Å². The summed E-state index contributed by atoms with van der Waals surface area (Å²) in [5.41, 5.74) is 0.236. The molecule has 3 rings (SSSR count). The molecule has 1 saturated heterocycles. The minimum atomic E-state index is -0.468. The highest BCUT2D eigenvalue weighted by molar-refractivity contribution is 7.99. The predicted octanol–water partition coefficient (Wildman–Crippen LogP) is 1.65. The Bertz CT molecular complexity index is 816. The second-order valence-electron chi connectivity index (χ2n) is 5.99. The van der Waals surface area contributed by atoms with Crippen LogP contribution in [0.15, 0.2) is 34.6 Å². The second kappa shape index (κ2) is 7.83. The molecular weight excluding hydrogens is 356 g/mol. The summed E-state index contributed by atoms with van der Waals surface area (Å²) in [6, 6.07) is 4.60. The molecule has 0 saturated carbocycles. The standard InChI is InChI=1S/C16H20N6O3S/c1-3-20-6-8-21(9-7-20)15(23)12-4-5-14(13(10-12)22(24)25)26-16-18-17-11-19(16)2/h4-5,10-11H,3,6-9H2,1-2H3. The molecule has 0 radical (unpaired) electrons. The molecule has 0 aliphatic carbocycles. The Hall–Kier alpha value is -2.46. The summed E-state index contributed by atoms with van der Waals surface area (Å²) in [4.78, 5) is 28.2.